The van der Waals surface area contributed by atoms with Crippen molar-refractivity contribution in [1.82, 2.24) is 3.11 Å². The number of ether oxygens (including phenoxy) is 1. The molecule has 1 fully saturated rings. The molecule has 0 amide bonds. The SMILES string of the molecule is C[C@@H]1CC(N(C)I)CCO1. The molecule has 10 heavy (non-hydrogen) atoms. The van der Waals surface area contributed by atoms with Crippen LogP contribution >= 0.6 is 22.9 Å². The third-order valence-electron chi connectivity index (χ3n) is 1.96. The van der Waals surface area contributed by atoms with Gasteiger partial charge in [-0.2, -0.15) is 0 Å². The highest BCUT2D eigenvalue weighted by Gasteiger charge is 2.21. The van der Waals surface area contributed by atoms with Crippen molar-refractivity contribution in [3.05, 3.63) is 0 Å². The summed E-state index contributed by atoms with van der Waals surface area (Å²) in [5.74, 6) is 0. The summed E-state index contributed by atoms with van der Waals surface area (Å²) in [6.07, 6.45) is 2.82. The minimum atomic E-state index is 0.455. The first-order valence-corrected chi connectivity index (χ1v) is 4.67. The molecule has 0 aromatic carbocycles. The van der Waals surface area contributed by atoms with Crippen LogP contribution in [0.5, 0.6) is 0 Å². The lowest BCUT2D eigenvalue weighted by atomic mass is 10.1. The summed E-state index contributed by atoms with van der Waals surface area (Å²) in [6, 6.07) is 0.726. The first-order valence-electron chi connectivity index (χ1n) is 3.70. The van der Waals surface area contributed by atoms with Crippen molar-refractivity contribution in [1.29, 1.82) is 0 Å². The van der Waals surface area contributed by atoms with Crippen LogP contribution in [0, 0.1) is 0 Å². The van der Waals surface area contributed by atoms with Gasteiger partial charge in [0.05, 0.1) is 6.10 Å². The number of halogens is 1. The summed E-state index contributed by atoms with van der Waals surface area (Å²) in [7, 11) is 2.13. The van der Waals surface area contributed by atoms with Gasteiger partial charge in [-0.05, 0) is 26.8 Å². The molecule has 0 aliphatic carbocycles. The van der Waals surface area contributed by atoms with Gasteiger partial charge in [-0.3, -0.25) is 0 Å². The Kier molecular flexibility index (Phi) is 3.39. The number of nitrogens with zero attached hydrogens (tertiary/aromatic N) is 1. The van der Waals surface area contributed by atoms with E-state index >= 15 is 0 Å². The zero-order chi connectivity index (χ0) is 7.56. The lowest BCUT2D eigenvalue weighted by Gasteiger charge is -2.30. The van der Waals surface area contributed by atoms with Gasteiger partial charge < -0.3 is 4.74 Å². The topological polar surface area (TPSA) is 12.5 Å². The van der Waals surface area contributed by atoms with E-state index in [1.54, 1.807) is 0 Å². The van der Waals surface area contributed by atoms with Crippen molar-refractivity contribution in [3.8, 4) is 0 Å². The number of rotatable bonds is 1. The number of hydrogen-bond acceptors (Lipinski definition) is 2. The molecule has 1 aliphatic heterocycles. The van der Waals surface area contributed by atoms with Gasteiger partial charge in [-0.1, -0.05) is 0 Å². The highest BCUT2D eigenvalue weighted by Crippen LogP contribution is 2.19. The Bertz CT molecular complexity index is 108. The van der Waals surface area contributed by atoms with Gasteiger partial charge in [0, 0.05) is 35.5 Å². The van der Waals surface area contributed by atoms with E-state index in [-0.39, 0.29) is 0 Å². The van der Waals surface area contributed by atoms with E-state index in [9.17, 15) is 0 Å². The fraction of sp³-hybridized carbons (Fsp3) is 1.00. The molecule has 0 bridgehead atoms. The quantitative estimate of drug-likeness (QED) is 0.523. The van der Waals surface area contributed by atoms with Crippen LogP contribution in [0.15, 0.2) is 0 Å². The lowest BCUT2D eigenvalue weighted by molar-refractivity contribution is 0.00582. The Hall–Kier alpha value is 0.650. The van der Waals surface area contributed by atoms with E-state index in [0.29, 0.717) is 6.10 Å². The molecule has 3 heteroatoms. The fourth-order valence-corrected chi connectivity index (χ4v) is 1.80. The first-order chi connectivity index (χ1) is 4.70. The smallest absolute Gasteiger partial charge is 0.0562 e. The molecule has 2 atom stereocenters. The molecule has 60 valence electrons. The van der Waals surface area contributed by atoms with E-state index < -0.39 is 0 Å². The average Bonchev–Trinajstić information content (AvgIpc) is 1.88. The molecule has 0 N–H and O–H groups in total. The highest BCUT2D eigenvalue weighted by atomic mass is 127. The summed E-state index contributed by atoms with van der Waals surface area (Å²) in [5, 5.41) is 0. The summed E-state index contributed by atoms with van der Waals surface area (Å²) < 4.78 is 7.69. The van der Waals surface area contributed by atoms with E-state index in [4.69, 9.17) is 4.74 Å². The van der Waals surface area contributed by atoms with Crippen molar-refractivity contribution in [2.24, 2.45) is 0 Å². The molecular weight excluding hydrogens is 241 g/mol. The zero-order valence-corrected chi connectivity index (χ0v) is 8.67. The van der Waals surface area contributed by atoms with Crippen LogP contribution in [-0.2, 0) is 4.74 Å². The lowest BCUT2D eigenvalue weighted by Crippen LogP contribution is -2.34. The molecule has 1 unspecified atom stereocenters. The van der Waals surface area contributed by atoms with Crippen LogP contribution in [0.25, 0.3) is 0 Å². The Balaban J connectivity index is 2.32. The third kappa shape index (κ3) is 2.36. The van der Waals surface area contributed by atoms with E-state index in [0.717, 1.165) is 12.6 Å². The molecule has 2 nitrogen and oxygen atoms in total. The molecule has 1 heterocycles. The van der Waals surface area contributed by atoms with Gasteiger partial charge in [0.25, 0.3) is 0 Å². The largest absolute Gasteiger partial charge is 0.378 e. The Morgan fingerprint density at radius 3 is 2.70 bits per heavy atom. The first kappa shape index (κ1) is 8.74. The van der Waals surface area contributed by atoms with Crippen LogP contribution < -0.4 is 0 Å². The molecular formula is C7H14INO. The van der Waals surface area contributed by atoms with E-state index in [2.05, 4.69) is 39.9 Å². The second kappa shape index (κ2) is 3.88. The van der Waals surface area contributed by atoms with Crippen LogP contribution in [0.2, 0.25) is 0 Å². The minimum absolute atomic E-state index is 0.455. The Morgan fingerprint density at radius 2 is 2.30 bits per heavy atom. The summed E-state index contributed by atoms with van der Waals surface area (Å²) in [4.78, 5) is 0. The predicted molar refractivity (Wildman–Crippen MR) is 50.2 cm³/mol. The molecule has 0 aromatic heterocycles. The van der Waals surface area contributed by atoms with Gasteiger partial charge in [0.2, 0.25) is 0 Å². The molecule has 1 rings (SSSR count). The zero-order valence-electron chi connectivity index (χ0n) is 6.51. The van der Waals surface area contributed by atoms with Crippen molar-refractivity contribution in [3.63, 3.8) is 0 Å². The van der Waals surface area contributed by atoms with Gasteiger partial charge in [-0.25, -0.2) is 3.11 Å². The van der Waals surface area contributed by atoms with E-state index in [1.165, 1.54) is 12.8 Å². The van der Waals surface area contributed by atoms with Gasteiger partial charge >= 0.3 is 0 Å². The molecule has 0 radical (unpaired) electrons. The molecule has 0 aromatic rings. The molecule has 0 spiro atoms. The summed E-state index contributed by atoms with van der Waals surface area (Å²) in [5.41, 5.74) is 0. The second-order valence-corrected chi connectivity index (χ2v) is 4.41. The van der Waals surface area contributed by atoms with Crippen LogP contribution in [0.3, 0.4) is 0 Å². The average molecular weight is 255 g/mol. The maximum Gasteiger partial charge on any atom is 0.0562 e. The minimum Gasteiger partial charge on any atom is -0.378 e. The Morgan fingerprint density at radius 1 is 1.60 bits per heavy atom. The van der Waals surface area contributed by atoms with Crippen LogP contribution in [0.4, 0.5) is 0 Å². The number of hydrogen-bond donors (Lipinski definition) is 0. The summed E-state index contributed by atoms with van der Waals surface area (Å²) >= 11 is 2.35. The van der Waals surface area contributed by atoms with Crippen molar-refractivity contribution < 1.29 is 4.74 Å². The monoisotopic (exact) mass is 255 g/mol. The van der Waals surface area contributed by atoms with Crippen molar-refractivity contribution in [2.45, 2.75) is 31.9 Å². The van der Waals surface area contributed by atoms with Gasteiger partial charge in [0.15, 0.2) is 0 Å². The Labute approximate surface area is 76.4 Å². The predicted octanol–water partition coefficient (Wildman–Crippen LogP) is 1.84. The van der Waals surface area contributed by atoms with Crippen molar-refractivity contribution in [2.75, 3.05) is 13.7 Å². The summed E-state index contributed by atoms with van der Waals surface area (Å²) in [6.45, 7) is 3.07. The highest BCUT2D eigenvalue weighted by molar-refractivity contribution is 14.1. The third-order valence-corrected chi connectivity index (χ3v) is 2.75. The molecule has 1 aliphatic rings. The maximum atomic E-state index is 5.43. The molecule has 1 saturated heterocycles. The molecule has 0 saturated carbocycles. The fourth-order valence-electron chi connectivity index (χ4n) is 1.30. The standard InChI is InChI=1S/C7H14INO/c1-6-5-7(9(2)8)3-4-10-6/h6-7H,3-5H2,1-2H3/t6-,7?/m1/s1. The van der Waals surface area contributed by atoms with Crippen LogP contribution in [0.1, 0.15) is 19.8 Å². The maximum absolute atomic E-state index is 5.43. The van der Waals surface area contributed by atoms with E-state index in [1.807, 2.05) is 0 Å². The van der Waals surface area contributed by atoms with Gasteiger partial charge in [0.1, 0.15) is 0 Å². The normalized spacial score (nSPS) is 34.8. The second-order valence-electron chi connectivity index (χ2n) is 2.88. The van der Waals surface area contributed by atoms with Gasteiger partial charge in [-0.15, -0.1) is 0 Å². The van der Waals surface area contributed by atoms with Crippen LogP contribution in [-0.4, -0.2) is 28.9 Å². The van der Waals surface area contributed by atoms with Crippen molar-refractivity contribution >= 4 is 22.9 Å².